The number of hydrogen-bond acceptors (Lipinski definition) is 7. The Morgan fingerprint density at radius 1 is 1.10 bits per heavy atom. The maximum Gasteiger partial charge on any atom is 0.226 e. The van der Waals surface area contributed by atoms with E-state index in [1.165, 1.54) is 28.3 Å². The van der Waals surface area contributed by atoms with E-state index in [9.17, 15) is 13.2 Å². The van der Waals surface area contributed by atoms with Crippen LogP contribution in [0.5, 0.6) is 5.75 Å². The van der Waals surface area contributed by atoms with Crippen molar-refractivity contribution in [3.8, 4) is 16.3 Å². The van der Waals surface area contributed by atoms with Crippen LogP contribution in [-0.4, -0.2) is 32.2 Å². The molecule has 2 aromatic heterocycles. The Morgan fingerprint density at radius 2 is 1.83 bits per heavy atom. The van der Waals surface area contributed by atoms with E-state index >= 15 is 0 Å². The number of carbonyl (C=O) groups excluding carboxylic acids is 1. The molecule has 2 heterocycles. The van der Waals surface area contributed by atoms with E-state index in [-0.39, 0.29) is 10.8 Å². The molecule has 0 unspecified atom stereocenters. The number of ether oxygens (including phenoxy) is 1. The summed E-state index contributed by atoms with van der Waals surface area (Å²) in [5.41, 5.74) is 0.921. The largest absolute Gasteiger partial charge is 0.494 e. The number of thiazole rings is 1. The van der Waals surface area contributed by atoms with E-state index < -0.39 is 9.84 Å². The predicted molar refractivity (Wildman–Crippen MR) is 118 cm³/mol. The van der Waals surface area contributed by atoms with Crippen molar-refractivity contribution >= 4 is 43.5 Å². The van der Waals surface area contributed by atoms with Gasteiger partial charge in [-0.1, -0.05) is 0 Å². The number of nitrogens with zero attached hydrogens (tertiary/aromatic N) is 1. The molecule has 0 fully saturated rings. The molecule has 154 valence electrons. The first kappa shape index (κ1) is 21.5. The van der Waals surface area contributed by atoms with Crippen LogP contribution in [-0.2, 0) is 14.6 Å². The van der Waals surface area contributed by atoms with Crippen molar-refractivity contribution in [1.82, 2.24) is 4.98 Å². The fourth-order valence-corrected chi connectivity index (χ4v) is 5.08. The summed E-state index contributed by atoms with van der Waals surface area (Å²) >= 11 is 3.16. The van der Waals surface area contributed by atoms with Gasteiger partial charge in [0.1, 0.15) is 5.75 Å². The molecule has 0 aliphatic carbocycles. The highest BCUT2D eigenvalue weighted by Crippen LogP contribution is 2.34. The van der Waals surface area contributed by atoms with Gasteiger partial charge in [-0.05, 0) is 56.7 Å². The van der Waals surface area contributed by atoms with Crippen LogP contribution in [0, 0.1) is 13.8 Å². The Morgan fingerprint density at radius 3 is 2.45 bits per heavy atom. The topological polar surface area (TPSA) is 85.4 Å². The summed E-state index contributed by atoms with van der Waals surface area (Å²) in [5, 5.41) is 3.46. The number of thiophene rings is 1. The van der Waals surface area contributed by atoms with Gasteiger partial charge in [-0.3, -0.25) is 4.79 Å². The number of aryl methyl sites for hydroxylation is 2. The third-order valence-corrected chi connectivity index (χ3v) is 7.11. The molecule has 1 amide bonds. The molecule has 29 heavy (non-hydrogen) atoms. The molecule has 0 aliphatic heterocycles. The first-order valence-electron chi connectivity index (χ1n) is 8.99. The van der Waals surface area contributed by atoms with E-state index in [2.05, 4.69) is 23.3 Å². The molecule has 1 aromatic carbocycles. The molecule has 0 aliphatic rings. The number of aromatic nitrogens is 1. The molecule has 1 N–H and O–H groups in total. The quantitative estimate of drug-likeness (QED) is 0.503. The molecule has 0 atom stereocenters. The third kappa shape index (κ3) is 5.88. The Bertz CT molecular complexity index is 1100. The molecule has 0 saturated heterocycles. The fourth-order valence-electron chi connectivity index (χ4n) is 2.63. The Kier molecular flexibility index (Phi) is 6.71. The monoisotopic (exact) mass is 450 g/mol. The van der Waals surface area contributed by atoms with Gasteiger partial charge in [0.15, 0.2) is 15.0 Å². The lowest BCUT2D eigenvalue weighted by Crippen LogP contribution is -2.12. The molecular weight excluding hydrogens is 428 g/mol. The third-order valence-electron chi connectivity index (χ3n) is 4.09. The van der Waals surface area contributed by atoms with E-state index in [0.717, 1.165) is 21.7 Å². The summed E-state index contributed by atoms with van der Waals surface area (Å²) in [5.74, 6) is 0.466. The van der Waals surface area contributed by atoms with E-state index in [4.69, 9.17) is 4.74 Å². The number of anilines is 1. The molecule has 3 rings (SSSR count). The fraction of sp³-hybridized carbons (Fsp3) is 0.300. The average molecular weight is 451 g/mol. The predicted octanol–water partition coefficient (Wildman–Crippen LogP) is 4.69. The second-order valence-corrected chi connectivity index (χ2v) is 11.1. The molecule has 6 nitrogen and oxygen atoms in total. The lowest BCUT2D eigenvalue weighted by Gasteiger charge is -2.07. The summed E-state index contributed by atoms with van der Waals surface area (Å²) < 4.78 is 28.5. The highest BCUT2D eigenvalue weighted by Gasteiger charge is 2.13. The Balaban J connectivity index is 1.46. The maximum atomic E-state index is 12.2. The van der Waals surface area contributed by atoms with Gasteiger partial charge in [0.25, 0.3) is 0 Å². The van der Waals surface area contributed by atoms with Gasteiger partial charge in [0, 0.05) is 22.4 Å². The van der Waals surface area contributed by atoms with E-state index in [1.807, 2.05) is 13.0 Å². The van der Waals surface area contributed by atoms with Crippen molar-refractivity contribution < 1.29 is 17.9 Å². The van der Waals surface area contributed by atoms with Crippen LogP contribution >= 0.6 is 22.7 Å². The molecule has 0 radical (unpaired) electrons. The lowest BCUT2D eigenvalue weighted by atomic mass is 10.3. The second kappa shape index (κ2) is 9.06. The van der Waals surface area contributed by atoms with Crippen LogP contribution in [0.2, 0.25) is 0 Å². The number of sulfone groups is 1. The van der Waals surface area contributed by atoms with Gasteiger partial charge in [-0.2, -0.15) is 0 Å². The lowest BCUT2D eigenvalue weighted by molar-refractivity contribution is -0.116. The Labute approximate surface area is 178 Å². The zero-order chi connectivity index (χ0) is 21.0. The van der Waals surface area contributed by atoms with Crippen molar-refractivity contribution in [2.45, 2.75) is 31.6 Å². The number of rotatable bonds is 8. The molecular formula is C20H22N2O4S3. The zero-order valence-electron chi connectivity index (χ0n) is 16.4. The maximum absolute atomic E-state index is 12.2. The van der Waals surface area contributed by atoms with Crippen molar-refractivity contribution in [2.75, 3.05) is 18.2 Å². The molecule has 0 saturated carbocycles. The molecule has 3 aromatic rings. The van der Waals surface area contributed by atoms with Crippen LogP contribution in [0.4, 0.5) is 5.13 Å². The zero-order valence-corrected chi connectivity index (χ0v) is 18.8. The van der Waals surface area contributed by atoms with Gasteiger partial charge in [0.05, 0.1) is 22.1 Å². The standard InChI is InChI=1S/C20H22N2O4S3/c1-13-6-11-17(27-13)19-14(2)28-20(22-19)21-18(23)5-4-12-26-15-7-9-16(10-8-15)29(3,24)25/h6-11H,4-5,12H2,1-3H3,(H,21,22,23). The van der Waals surface area contributed by atoms with Crippen molar-refractivity contribution in [1.29, 1.82) is 0 Å². The van der Waals surface area contributed by atoms with Crippen molar-refractivity contribution in [2.24, 2.45) is 0 Å². The van der Waals surface area contributed by atoms with Crippen LogP contribution < -0.4 is 10.1 Å². The summed E-state index contributed by atoms with van der Waals surface area (Å²) in [6, 6.07) is 10.4. The van der Waals surface area contributed by atoms with Crippen LogP contribution in [0.25, 0.3) is 10.6 Å². The summed E-state index contributed by atoms with van der Waals surface area (Å²) in [7, 11) is -3.22. The SMILES string of the molecule is Cc1ccc(-c2nc(NC(=O)CCCOc3ccc(S(C)(=O)=O)cc3)sc2C)s1. The van der Waals surface area contributed by atoms with Gasteiger partial charge < -0.3 is 10.1 Å². The molecule has 9 heteroatoms. The number of nitrogens with one attached hydrogen (secondary N) is 1. The van der Waals surface area contributed by atoms with Crippen LogP contribution in [0.1, 0.15) is 22.6 Å². The normalized spacial score (nSPS) is 11.4. The first-order valence-corrected chi connectivity index (χ1v) is 12.5. The number of hydrogen-bond donors (Lipinski definition) is 1. The van der Waals surface area contributed by atoms with Crippen molar-refractivity contribution in [3.63, 3.8) is 0 Å². The van der Waals surface area contributed by atoms with Gasteiger partial charge in [0.2, 0.25) is 5.91 Å². The van der Waals surface area contributed by atoms with Crippen LogP contribution in [0.15, 0.2) is 41.3 Å². The van der Waals surface area contributed by atoms with Crippen LogP contribution in [0.3, 0.4) is 0 Å². The summed E-state index contributed by atoms with van der Waals surface area (Å²) in [4.78, 5) is 20.4. The first-order chi connectivity index (χ1) is 13.7. The molecule has 0 bridgehead atoms. The Hall–Kier alpha value is -2.23. The van der Waals surface area contributed by atoms with Gasteiger partial charge in [-0.25, -0.2) is 13.4 Å². The summed E-state index contributed by atoms with van der Waals surface area (Å²) in [6.45, 7) is 4.42. The highest BCUT2D eigenvalue weighted by molar-refractivity contribution is 7.90. The molecule has 0 spiro atoms. The highest BCUT2D eigenvalue weighted by atomic mass is 32.2. The minimum Gasteiger partial charge on any atom is -0.494 e. The number of carbonyl (C=O) groups is 1. The average Bonchev–Trinajstić information content (AvgIpc) is 3.23. The van der Waals surface area contributed by atoms with E-state index in [1.54, 1.807) is 23.5 Å². The minimum atomic E-state index is -3.22. The number of amides is 1. The minimum absolute atomic E-state index is 0.108. The number of benzene rings is 1. The van der Waals surface area contributed by atoms with Gasteiger partial charge >= 0.3 is 0 Å². The summed E-state index contributed by atoms with van der Waals surface area (Å²) in [6.07, 6.45) is 2.02. The van der Waals surface area contributed by atoms with E-state index in [0.29, 0.717) is 30.3 Å². The smallest absolute Gasteiger partial charge is 0.226 e. The van der Waals surface area contributed by atoms with Crippen molar-refractivity contribution in [3.05, 3.63) is 46.2 Å². The second-order valence-electron chi connectivity index (χ2n) is 6.58. The van der Waals surface area contributed by atoms with Gasteiger partial charge in [-0.15, -0.1) is 22.7 Å².